The number of nitrogens with zero attached hydrogens (tertiary/aromatic N) is 2. The Morgan fingerprint density at radius 1 is 1.14 bits per heavy atom. The summed E-state index contributed by atoms with van der Waals surface area (Å²) >= 11 is 7.15. The third-order valence-corrected chi connectivity index (χ3v) is 7.79. The number of amides is 3. The number of rotatable bonds is 6. The lowest BCUT2D eigenvalue weighted by Gasteiger charge is -2.13. The number of nitrogens with one attached hydrogen (secondary N) is 1. The number of benzene rings is 2. The molecule has 2 aliphatic rings. The van der Waals surface area contributed by atoms with Gasteiger partial charge in [-0.15, -0.1) is 0 Å². The van der Waals surface area contributed by atoms with Gasteiger partial charge in [0.25, 0.3) is 11.1 Å². The van der Waals surface area contributed by atoms with Gasteiger partial charge in [0.15, 0.2) is 0 Å². The molecule has 1 aliphatic heterocycles. The fraction of sp³-hybridized carbons (Fsp3) is 0.296. The van der Waals surface area contributed by atoms with Crippen molar-refractivity contribution >= 4 is 63.1 Å². The number of hydrogen-bond acceptors (Lipinski definition) is 4. The molecule has 1 aliphatic carbocycles. The van der Waals surface area contributed by atoms with Crippen molar-refractivity contribution in [1.29, 1.82) is 0 Å². The zero-order valence-electron chi connectivity index (χ0n) is 19.4. The van der Waals surface area contributed by atoms with Gasteiger partial charge in [-0.1, -0.05) is 61.7 Å². The molecule has 1 saturated heterocycles. The van der Waals surface area contributed by atoms with E-state index in [2.05, 4.69) is 18.3 Å². The van der Waals surface area contributed by atoms with Crippen LogP contribution in [0, 0.1) is 0 Å². The highest BCUT2D eigenvalue weighted by atomic mass is 35.5. The highest BCUT2D eigenvalue weighted by molar-refractivity contribution is 8.19. The molecular weight excluding hydrogens is 482 g/mol. The lowest BCUT2D eigenvalue weighted by molar-refractivity contribution is -0.122. The summed E-state index contributed by atoms with van der Waals surface area (Å²) in [7, 11) is 0. The highest BCUT2D eigenvalue weighted by Crippen LogP contribution is 2.39. The highest BCUT2D eigenvalue weighted by Gasteiger charge is 2.37. The van der Waals surface area contributed by atoms with Crippen LogP contribution < -0.4 is 10.2 Å². The van der Waals surface area contributed by atoms with Gasteiger partial charge in [-0.3, -0.25) is 14.4 Å². The van der Waals surface area contributed by atoms with E-state index in [1.807, 2.05) is 22.9 Å². The number of halogens is 1. The van der Waals surface area contributed by atoms with Gasteiger partial charge in [-0.05, 0) is 54.8 Å². The Morgan fingerprint density at radius 2 is 1.91 bits per heavy atom. The van der Waals surface area contributed by atoms with Crippen LogP contribution in [-0.4, -0.2) is 27.7 Å². The Hall–Kier alpha value is -3.03. The van der Waals surface area contributed by atoms with E-state index in [4.69, 9.17) is 11.6 Å². The van der Waals surface area contributed by atoms with Gasteiger partial charge >= 0.3 is 0 Å². The number of fused-ring (bicyclic) bond motifs is 1. The molecule has 0 bridgehead atoms. The van der Waals surface area contributed by atoms with Gasteiger partial charge in [0.05, 0.1) is 21.1 Å². The van der Waals surface area contributed by atoms with Crippen molar-refractivity contribution in [2.45, 2.75) is 51.6 Å². The molecule has 0 unspecified atom stereocenters. The van der Waals surface area contributed by atoms with Crippen molar-refractivity contribution < 1.29 is 14.4 Å². The molecule has 2 heterocycles. The Bertz CT molecular complexity index is 1360. The Morgan fingerprint density at radius 3 is 2.66 bits per heavy atom. The first-order valence-electron chi connectivity index (χ1n) is 11.9. The first-order chi connectivity index (χ1) is 17.0. The predicted molar refractivity (Wildman–Crippen MR) is 142 cm³/mol. The second-order valence-electron chi connectivity index (χ2n) is 8.90. The molecule has 1 N–H and O–H groups in total. The van der Waals surface area contributed by atoms with Crippen molar-refractivity contribution in [2.75, 3.05) is 4.90 Å². The van der Waals surface area contributed by atoms with Crippen molar-refractivity contribution in [3.8, 4) is 0 Å². The first-order valence-corrected chi connectivity index (χ1v) is 13.1. The van der Waals surface area contributed by atoms with E-state index in [1.165, 1.54) is 0 Å². The van der Waals surface area contributed by atoms with Crippen LogP contribution in [0.1, 0.15) is 43.7 Å². The van der Waals surface area contributed by atoms with Gasteiger partial charge in [-0.2, -0.15) is 0 Å². The summed E-state index contributed by atoms with van der Waals surface area (Å²) < 4.78 is 1.96. The van der Waals surface area contributed by atoms with Crippen LogP contribution in [0.4, 0.5) is 10.5 Å². The fourth-order valence-corrected chi connectivity index (χ4v) is 5.98. The summed E-state index contributed by atoms with van der Waals surface area (Å²) in [5.41, 5.74) is 3.28. The predicted octanol–water partition coefficient (Wildman–Crippen LogP) is 6.16. The number of imide groups is 1. The molecule has 35 heavy (non-hydrogen) atoms. The van der Waals surface area contributed by atoms with Gasteiger partial charge in [0.2, 0.25) is 5.91 Å². The fourth-order valence-electron chi connectivity index (χ4n) is 4.94. The maximum absolute atomic E-state index is 13.2. The molecule has 0 spiro atoms. The normalized spacial score (nSPS) is 17.8. The average Bonchev–Trinajstić information content (AvgIpc) is 3.54. The van der Waals surface area contributed by atoms with Crippen LogP contribution in [0.15, 0.2) is 53.6 Å². The van der Waals surface area contributed by atoms with Crippen LogP contribution in [0.5, 0.6) is 0 Å². The minimum atomic E-state index is -0.403. The molecular formula is C27H26ClN3O3S. The molecule has 8 heteroatoms. The SMILES string of the molecule is CCc1cccc2c(/C=C3\SC(=O)N(c4ccccc4Cl)C3=O)cn(CC(=O)NC3CCCC3)c12. The van der Waals surface area contributed by atoms with Crippen molar-refractivity contribution in [1.82, 2.24) is 9.88 Å². The number of aryl methyl sites for hydroxylation is 1. The first kappa shape index (κ1) is 23.7. The van der Waals surface area contributed by atoms with E-state index in [0.29, 0.717) is 15.6 Å². The summed E-state index contributed by atoms with van der Waals surface area (Å²) in [6, 6.07) is 13.1. The molecule has 1 saturated carbocycles. The van der Waals surface area contributed by atoms with E-state index in [1.54, 1.807) is 30.3 Å². The smallest absolute Gasteiger partial charge is 0.298 e. The molecule has 0 atom stereocenters. The quantitative estimate of drug-likeness (QED) is 0.406. The minimum absolute atomic E-state index is 0.00898. The van der Waals surface area contributed by atoms with Gasteiger partial charge in [-0.25, -0.2) is 4.90 Å². The van der Waals surface area contributed by atoms with Gasteiger partial charge in [0.1, 0.15) is 6.54 Å². The molecule has 6 nitrogen and oxygen atoms in total. The number of para-hydroxylation sites is 2. The van der Waals surface area contributed by atoms with Crippen LogP contribution in [0.25, 0.3) is 17.0 Å². The van der Waals surface area contributed by atoms with E-state index in [-0.39, 0.29) is 23.7 Å². The van der Waals surface area contributed by atoms with Gasteiger partial charge in [0, 0.05) is 23.2 Å². The number of thioether (sulfide) groups is 1. The zero-order chi connectivity index (χ0) is 24.5. The number of anilines is 1. The summed E-state index contributed by atoms with van der Waals surface area (Å²) in [6.07, 6.45) is 8.84. The lowest BCUT2D eigenvalue weighted by Crippen LogP contribution is -2.35. The minimum Gasteiger partial charge on any atom is -0.352 e. The summed E-state index contributed by atoms with van der Waals surface area (Å²) in [4.78, 5) is 40.2. The monoisotopic (exact) mass is 507 g/mol. The number of carbonyl (C=O) groups excluding carboxylic acids is 3. The van der Waals surface area contributed by atoms with Crippen LogP contribution in [0.2, 0.25) is 5.02 Å². The molecule has 5 rings (SSSR count). The number of hydrogen-bond donors (Lipinski definition) is 1. The topological polar surface area (TPSA) is 71.4 Å². The molecule has 2 fully saturated rings. The Balaban J connectivity index is 1.50. The van der Waals surface area contributed by atoms with Gasteiger partial charge < -0.3 is 9.88 Å². The molecule has 3 aromatic rings. The molecule has 0 radical (unpaired) electrons. The maximum atomic E-state index is 13.2. The summed E-state index contributed by atoms with van der Waals surface area (Å²) in [5, 5.41) is 4.06. The lowest BCUT2D eigenvalue weighted by atomic mass is 10.1. The second-order valence-corrected chi connectivity index (χ2v) is 10.3. The van der Waals surface area contributed by atoms with Crippen LogP contribution in [-0.2, 0) is 22.6 Å². The summed E-state index contributed by atoms with van der Waals surface area (Å²) in [6.45, 7) is 2.29. The van der Waals surface area contributed by atoms with Crippen molar-refractivity contribution in [2.24, 2.45) is 0 Å². The standard InChI is InChI=1S/C27H26ClN3O3S/c1-2-17-8-7-11-20-18(15-30(25(17)20)16-24(32)29-19-9-3-4-10-19)14-23-26(33)31(27(34)35-23)22-13-6-5-12-21(22)28/h5-8,11-15,19H,2-4,9-10,16H2,1H3,(H,29,32)/b23-14-. The third-order valence-electron chi connectivity index (χ3n) is 6.60. The van der Waals surface area contributed by atoms with Crippen LogP contribution >= 0.6 is 23.4 Å². The molecule has 180 valence electrons. The Kier molecular flexibility index (Phi) is 6.71. The van der Waals surface area contributed by atoms with Crippen molar-refractivity contribution in [3.63, 3.8) is 0 Å². The van der Waals surface area contributed by atoms with E-state index in [0.717, 1.165) is 70.8 Å². The molecule has 2 aromatic carbocycles. The average molecular weight is 508 g/mol. The van der Waals surface area contributed by atoms with Crippen molar-refractivity contribution in [3.05, 3.63) is 69.7 Å². The number of aromatic nitrogens is 1. The largest absolute Gasteiger partial charge is 0.352 e. The second kappa shape index (κ2) is 9.91. The van der Waals surface area contributed by atoms with E-state index in [9.17, 15) is 14.4 Å². The van der Waals surface area contributed by atoms with E-state index < -0.39 is 5.91 Å². The number of carbonyl (C=O) groups is 3. The molecule has 3 amide bonds. The van der Waals surface area contributed by atoms with E-state index >= 15 is 0 Å². The third kappa shape index (κ3) is 4.62. The zero-order valence-corrected chi connectivity index (χ0v) is 21.0. The summed E-state index contributed by atoms with van der Waals surface area (Å²) in [5.74, 6) is -0.412. The Labute approximate surface area is 213 Å². The van der Waals surface area contributed by atoms with Crippen LogP contribution in [0.3, 0.4) is 0 Å². The molecule has 1 aromatic heterocycles. The maximum Gasteiger partial charge on any atom is 0.298 e.